The molecule has 0 radical (unpaired) electrons. The highest BCUT2D eigenvalue weighted by Gasteiger charge is 2.25. The van der Waals surface area contributed by atoms with Crippen molar-refractivity contribution < 1.29 is 13.5 Å². The molecule has 2 aromatic rings. The van der Waals surface area contributed by atoms with Gasteiger partial charge in [0.05, 0.1) is 24.4 Å². The van der Waals surface area contributed by atoms with Crippen molar-refractivity contribution in [1.29, 1.82) is 0 Å². The Balaban J connectivity index is 1.55. The first-order chi connectivity index (χ1) is 10.2. The molecule has 2 heterocycles. The van der Waals surface area contributed by atoms with Crippen LogP contribution in [-0.2, 0) is 4.74 Å². The van der Waals surface area contributed by atoms with Gasteiger partial charge in [0.15, 0.2) is 0 Å². The van der Waals surface area contributed by atoms with Gasteiger partial charge in [-0.15, -0.1) is 0 Å². The van der Waals surface area contributed by atoms with E-state index in [0.717, 1.165) is 30.4 Å². The number of aromatic nitrogens is 2. The minimum atomic E-state index is -2.38. The molecule has 1 aromatic heterocycles. The minimum Gasteiger partial charge on any atom is -0.374 e. The van der Waals surface area contributed by atoms with E-state index in [2.05, 4.69) is 26.8 Å². The Hall–Kier alpha value is -1.53. The zero-order valence-corrected chi connectivity index (χ0v) is 11.8. The molecule has 6 heteroatoms. The molecule has 1 aliphatic rings. The molecule has 1 unspecified atom stereocenters. The third kappa shape index (κ3) is 3.39. The van der Waals surface area contributed by atoms with Crippen molar-refractivity contribution in [3.05, 3.63) is 30.5 Å². The van der Waals surface area contributed by atoms with Crippen LogP contribution in [0.15, 0.2) is 30.5 Å². The normalized spacial score (nSPS) is 19.9. The van der Waals surface area contributed by atoms with Gasteiger partial charge in [0.25, 0.3) is 6.43 Å². The zero-order valence-electron chi connectivity index (χ0n) is 11.8. The van der Waals surface area contributed by atoms with Gasteiger partial charge in [0, 0.05) is 25.0 Å². The van der Waals surface area contributed by atoms with Crippen LogP contribution in [0.1, 0.15) is 12.5 Å². The van der Waals surface area contributed by atoms with E-state index in [-0.39, 0.29) is 0 Å². The largest absolute Gasteiger partial charge is 0.374 e. The summed E-state index contributed by atoms with van der Waals surface area (Å²) in [5, 5.41) is 5.64. The van der Waals surface area contributed by atoms with Gasteiger partial charge < -0.3 is 4.74 Å². The quantitative estimate of drug-likeness (QED) is 0.767. The molecule has 21 heavy (non-hydrogen) atoms. The Morgan fingerprint density at radius 2 is 2.19 bits per heavy atom. The molecular weight excluding hydrogens is 276 g/mol. The van der Waals surface area contributed by atoms with Crippen LogP contribution in [0.4, 0.5) is 8.78 Å². The van der Waals surface area contributed by atoms with E-state index in [1.165, 1.54) is 0 Å². The lowest BCUT2D eigenvalue weighted by molar-refractivity contribution is 0.0113. The van der Waals surface area contributed by atoms with E-state index in [1.807, 2.05) is 18.3 Å². The van der Waals surface area contributed by atoms with Crippen LogP contribution in [0.3, 0.4) is 0 Å². The molecule has 1 saturated heterocycles. The van der Waals surface area contributed by atoms with Crippen molar-refractivity contribution >= 4 is 10.9 Å². The van der Waals surface area contributed by atoms with Crippen LogP contribution in [0.2, 0.25) is 0 Å². The van der Waals surface area contributed by atoms with Gasteiger partial charge in [-0.05, 0) is 12.5 Å². The number of rotatable bonds is 6. The van der Waals surface area contributed by atoms with Gasteiger partial charge in [-0.2, -0.15) is 5.10 Å². The molecule has 1 aromatic carbocycles. The smallest absolute Gasteiger partial charge is 0.261 e. The molecule has 1 aliphatic heterocycles. The zero-order chi connectivity index (χ0) is 14.7. The summed E-state index contributed by atoms with van der Waals surface area (Å²) < 4.78 is 31.0. The lowest BCUT2D eigenvalue weighted by Crippen LogP contribution is -2.26. The summed E-state index contributed by atoms with van der Waals surface area (Å²) in [4.78, 5) is 2.24. The molecule has 0 amide bonds. The Morgan fingerprint density at radius 1 is 1.33 bits per heavy atom. The molecule has 0 N–H and O–H groups in total. The van der Waals surface area contributed by atoms with Crippen LogP contribution in [0.5, 0.6) is 0 Å². The lowest BCUT2D eigenvalue weighted by atomic mass is 10.2. The van der Waals surface area contributed by atoms with Crippen molar-refractivity contribution in [2.45, 2.75) is 18.9 Å². The van der Waals surface area contributed by atoms with Gasteiger partial charge in [-0.1, -0.05) is 18.2 Å². The highest BCUT2D eigenvalue weighted by atomic mass is 19.3. The Labute approximate surface area is 122 Å². The van der Waals surface area contributed by atoms with Crippen molar-refractivity contribution in [1.82, 2.24) is 14.7 Å². The second kappa shape index (κ2) is 6.49. The second-order valence-corrected chi connectivity index (χ2v) is 5.36. The van der Waals surface area contributed by atoms with Crippen molar-refractivity contribution in [2.24, 2.45) is 0 Å². The monoisotopic (exact) mass is 295 g/mol. The van der Waals surface area contributed by atoms with Gasteiger partial charge in [-0.3, -0.25) is 9.58 Å². The van der Waals surface area contributed by atoms with Crippen molar-refractivity contribution in [3.8, 4) is 0 Å². The third-order valence-corrected chi connectivity index (χ3v) is 3.89. The number of benzene rings is 1. The predicted octanol–water partition coefficient (Wildman–Crippen LogP) is 2.56. The van der Waals surface area contributed by atoms with Gasteiger partial charge in [0.1, 0.15) is 6.61 Å². The molecule has 114 valence electrons. The number of hydrogen-bond donors (Lipinski definition) is 0. The third-order valence-electron chi connectivity index (χ3n) is 3.89. The summed E-state index contributed by atoms with van der Waals surface area (Å²) in [5.74, 6) is 0. The Bertz CT molecular complexity index is 587. The second-order valence-electron chi connectivity index (χ2n) is 5.36. The van der Waals surface area contributed by atoms with E-state index in [4.69, 9.17) is 4.74 Å². The number of likely N-dealkylation sites (tertiary alicyclic amines) is 1. The highest BCUT2D eigenvalue weighted by Crippen LogP contribution is 2.25. The molecule has 1 fully saturated rings. The topological polar surface area (TPSA) is 30.3 Å². The van der Waals surface area contributed by atoms with Gasteiger partial charge in [0.2, 0.25) is 0 Å². The number of alkyl halides is 2. The summed E-state index contributed by atoms with van der Waals surface area (Å²) >= 11 is 0. The van der Waals surface area contributed by atoms with E-state index in [9.17, 15) is 8.78 Å². The maximum atomic E-state index is 12.0. The number of fused-ring (bicyclic) bond motifs is 1. The summed E-state index contributed by atoms with van der Waals surface area (Å²) in [6, 6.07) is 8.52. The summed E-state index contributed by atoms with van der Waals surface area (Å²) in [7, 11) is 0. The van der Waals surface area contributed by atoms with Crippen LogP contribution < -0.4 is 0 Å². The molecular formula is C15H19F2N3O. The maximum Gasteiger partial charge on any atom is 0.261 e. The minimum absolute atomic E-state index is 0.347. The first-order valence-electron chi connectivity index (χ1n) is 7.24. The van der Waals surface area contributed by atoms with Crippen molar-refractivity contribution in [3.63, 3.8) is 0 Å². The average Bonchev–Trinajstić information content (AvgIpc) is 3.09. The number of ether oxygens (including phenoxy) is 1. The number of para-hydroxylation sites is 1. The Morgan fingerprint density at radius 3 is 3.05 bits per heavy atom. The number of hydrogen-bond acceptors (Lipinski definition) is 3. The fourth-order valence-electron chi connectivity index (χ4n) is 2.86. The first kappa shape index (κ1) is 14.4. The average molecular weight is 295 g/mol. The van der Waals surface area contributed by atoms with E-state index in [1.54, 1.807) is 0 Å². The molecule has 0 bridgehead atoms. The van der Waals surface area contributed by atoms with E-state index < -0.39 is 13.0 Å². The fraction of sp³-hybridized carbons (Fsp3) is 0.533. The molecule has 0 aliphatic carbocycles. The summed E-state index contributed by atoms with van der Waals surface area (Å²) in [6.07, 6.45) is 0.538. The lowest BCUT2D eigenvalue weighted by Gasteiger charge is -2.16. The van der Waals surface area contributed by atoms with E-state index >= 15 is 0 Å². The molecule has 0 spiro atoms. The molecule has 0 saturated carbocycles. The van der Waals surface area contributed by atoms with E-state index in [0.29, 0.717) is 19.2 Å². The van der Waals surface area contributed by atoms with Gasteiger partial charge in [-0.25, -0.2) is 8.78 Å². The molecule has 1 atom stereocenters. The predicted molar refractivity (Wildman–Crippen MR) is 76.7 cm³/mol. The van der Waals surface area contributed by atoms with Crippen LogP contribution >= 0.6 is 0 Å². The first-order valence-corrected chi connectivity index (χ1v) is 7.24. The van der Waals surface area contributed by atoms with Crippen LogP contribution in [0.25, 0.3) is 10.9 Å². The standard InChI is InChI=1S/C15H19F2N3O/c16-15(17)11-21-8-7-19-6-5-13(10-19)20-14-4-2-1-3-12(14)9-18-20/h1-4,9,13,15H,5-8,10-11H2. The SMILES string of the molecule is FC(F)COCCN1CCC(n2ncc3ccccc32)C1. The number of nitrogens with zero attached hydrogens (tertiary/aromatic N) is 3. The van der Waals surface area contributed by atoms with Gasteiger partial charge >= 0.3 is 0 Å². The van der Waals surface area contributed by atoms with Crippen LogP contribution in [0, 0.1) is 0 Å². The highest BCUT2D eigenvalue weighted by molar-refractivity contribution is 5.78. The Kier molecular flexibility index (Phi) is 4.45. The molecule has 3 rings (SSSR count). The van der Waals surface area contributed by atoms with Crippen LogP contribution in [-0.4, -0.2) is 54.0 Å². The maximum absolute atomic E-state index is 12.0. The number of halogens is 2. The summed E-state index contributed by atoms with van der Waals surface area (Å²) in [5.41, 5.74) is 1.15. The summed E-state index contributed by atoms with van der Waals surface area (Å²) in [6.45, 7) is 2.43. The fourth-order valence-corrected chi connectivity index (χ4v) is 2.86. The van der Waals surface area contributed by atoms with Crippen molar-refractivity contribution in [2.75, 3.05) is 32.8 Å². The molecule has 4 nitrogen and oxygen atoms in total.